The molecule has 0 radical (unpaired) electrons. The van der Waals surface area contributed by atoms with Gasteiger partial charge in [-0.25, -0.2) is 9.37 Å². The second-order valence-electron chi connectivity index (χ2n) is 6.19. The van der Waals surface area contributed by atoms with Crippen molar-refractivity contribution < 1.29 is 9.18 Å². The second kappa shape index (κ2) is 8.31. The zero-order valence-corrected chi connectivity index (χ0v) is 16.7. The van der Waals surface area contributed by atoms with Gasteiger partial charge in [0.2, 0.25) is 5.91 Å². The first-order valence-electron chi connectivity index (χ1n) is 8.78. The van der Waals surface area contributed by atoms with Crippen LogP contribution in [0.2, 0.25) is 0 Å². The number of nitriles is 1. The number of imidazole rings is 1. The van der Waals surface area contributed by atoms with Crippen LogP contribution in [0.3, 0.4) is 0 Å². The fraction of sp³-hybridized carbons (Fsp3) is 0.250. The van der Waals surface area contributed by atoms with Crippen LogP contribution in [0.1, 0.15) is 23.7 Å². The number of nitrogens with one attached hydrogen (secondary N) is 1. The fourth-order valence-electron chi connectivity index (χ4n) is 2.97. The van der Waals surface area contributed by atoms with E-state index >= 15 is 0 Å². The van der Waals surface area contributed by atoms with Gasteiger partial charge >= 0.3 is 0 Å². The first kappa shape index (κ1) is 19.7. The molecule has 3 rings (SSSR count). The van der Waals surface area contributed by atoms with Crippen LogP contribution >= 0.6 is 11.8 Å². The van der Waals surface area contributed by atoms with E-state index in [0.717, 1.165) is 23.0 Å². The van der Waals surface area contributed by atoms with Crippen molar-refractivity contribution in [2.24, 2.45) is 0 Å². The van der Waals surface area contributed by atoms with E-state index in [1.165, 1.54) is 23.9 Å². The minimum atomic E-state index is -0.388. The van der Waals surface area contributed by atoms with Gasteiger partial charge in [-0.15, -0.1) is 0 Å². The van der Waals surface area contributed by atoms with Crippen LogP contribution in [0.4, 0.5) is 10.2 Å². The lowest BCUT2D eigenvalue weighted by Crippen LogP contribution is -2.18. The molecule has 0 spiro atoms. The number of aromatic nitrogens is 3. The molecule has 0 aliphatic heterocycles. The summed E-state index contributed by atoms with van der Waals surface area (Å²) in [7, 11) is 0. The summed E-state index contributed by atoms with van der Waals surface area (Å²) < 4.78 is 17.4. The smallest absolute Gasteiger partial charge is 0.236 e. The summed E-state index contributed by atoms with van der Waals surface area (Å²) in [6.45, 7) is 6.42. The number of anilines is 1. The van der Waals surface area contributed by atoms with Gasteiger partial charge in [-0.1, -0.05) is 17.8 Å². The molecule has 0 aliphatic carbocycles. The summed E-state index contributed by atoms with van der Waals surface area (Å²) in [6.07, 6.45) is 3.55. The summed E-state index contributed by atoms with van der Waals surface area (Å²) in [5, 5.41) is 13.2. The Morgan fingerprint density at radius 2 is 2.18 bits per heavy atom. The Kier molecular flexibility index (Phi) is 5.85. The molecule has 2 heterocycles. The first-order valence-corrected chi connectivity index (χ1v) is 9.76. The highest BCUT2D eigenvalue weighted by Gasteiger charge is 2.21. The maximum atomic E-state index is 13.7. The molecule has 6 nitrogen and oxygen atoms in total. The molecule has 0 aliphatic rings. The van der Waals surface area contributed by atoms with Crippen LogP contribution in [0.5, 0.6) is 0 Å². The SMILES string of the molecule is CCn1ccnc1SCC(=O)Nc1c(C#N)c(C)c(C)n1-c1cccc(F)c1. The van der Waals surface area contributed by atoms with Crippen molar-refractivity contribution in [2.45, 2.75) is 32.5 Å². The lowest BCUT2D eigenvalue weighted by atomic mass is 10.2. The number of rotatable bonds is 6. The van der Waals surface area contributed by atoms with Crippen LogP contribution < -0.4 is 5.32 Å². The average molecular weight is 397 g/mol. The van der Waals surface area contributed by atoms with E-state index in [4.69, 9.17) is 0 Å². The summed E-state index contributed by atoms with van der Waals surface area (Å²) >= 11 is 1.32. The zero-order valence-electron chi connectivity index (χ0n) is 15.9. The minimum Gasteiger partial charge on any atom is -0.326 e. The molecule has 0 fully saturated rings. The van der Waals surface area contributed by atoms with Crippen molar-refractivity contribution in [1.82, 2.24) is 14.1 Å². The number of hydrogen-bond donors (Lipinski definition) is 1. The number of carbonyl (C=O) groups is 1. The molecule has 1 amide bonds. The summed E-state index contributed by atoms with van der Waals surface area (Å²) in [5.74, 6) is -0.148. The number of halogens is 1. The summed E-state index contributed by atoms with van der Waals surface area (Å²) in [5.41, 5.74) is 2.43. The quantitative estimate of drug-likeness (QED) is 0.637. The molecule has 0 saturated carbocycles. The van der Waals surface area contributed by atoms with Crippen molar-refractivity contribution >= 4 is 23.5 Å². The van der Waals surface area contributed by atoms with Crippen LogP contribution in [-0.2, 0) is 11.3 Å². The zero-order chi connectivity index (χ0) is 20.3. The van der Waals surface area contributed by atoms with E-state index < -0.39 is 0 Å². The Labute approximate surface area is 167 Å². The van der Waals surface area contributed by atoms with Gasteiger partial charge in [-0.2, -0.15) is 5.26 Å². The summed E-state index contributed by atoms with van der Waals surface area (Å²) in [6, 6.07) is 8.20. The van der Waals surface area contributed by atoms with Gasteiger partial charge in [-0.05, 0) is 44.5 Å². The molecule has 2 aromatic heterocycles. The van der Waals surface area contributed by atoms with Crippen LogP contribution in [0.15, 0.2) is 41.8 Å². The maximum absolute atomic E-state index is 13.7. The predicted octanol–water partition coefficient (Wildman–Crippen LogP) is 4.05. The fourth-order valence-corrected chi connectivity index (χ4v) is 3.80. The Morgan fingerprint density at radius 1 is 1.39 bits per heavy atom. The lowest BCUT2D eigenvalue weighted by Gasteiger charge is -2.13. The van der Waals surface area contributed by atoms with E-state index in [1.54, 1.807) is 22.9 Å². The van der Waals surface area contributed by atoms with Gasteiger partial charge in [0, 0.05) is 24.6 Å². The minimum absolute atomic E-state index is 0.147. The third-order valence-electron chi connectivity index (χ3n) is 4.50. The Bertz CT molecular complexity index is 1060. The molecule has 28 heavy (non-hydrogen) atoms. The molecular formula is C20H20FN5OS. The molecule has 1 N–H and O–H groups in total. The normalized spacial score (nSPS) is 10.7. The molecule has 0 atom stereocenters. The van der Waals surface area contributed by atoms with Gasteiger partial charge in [0.1, 0.15) is 17.7 Å². The van der Waals surface area contributed by atoms with Crippen LogP contribution in [-0.4, -0.2) is 25.8 Å². The molecular weight excluding hydrogens is 377 g/mol. The van der Waals surface area contributed by atoms with Gasteiger partial charge in [0.25, 0.3) is 0 Å². The van der Waals surface area contributed by atoms with Crippen LogP contribution in [0.25, 0.3) is 5.69 Å². The van der Waals surface area contributed by atoms with Crippen LogP contribution in [0, 0.1) is 31.0 Å². The number of nitrogens with zero attached hydrogens (tertiary/aromatic N) is 4. The molecule has 0 bridgehead atoms. The van der Waals surface area contributed by atoms with Gasteiger partial charge in [-0.3, -0.25) is 9.36 Å². The molecule has 0 unspecified atom stereocenters. The van der Waals surface area contributed by atoms with E-state index in [2.05, 4.69) is 16.4 Å². The number of amides is 1. The number of aryl methyl sites for hydroxylation is 1. The second-order valence-corrected chi connectivity index (χ2v) is 7.14. The third kappa shape index (κ3) is 3.80. The Balaban J connectivity index is 1.89. The highest BCUT2D eigenvalue weighted by atomic mass is 32.2. The van der Waals surface area contributed by atoms with Crippen molar-refractivity contribution in [3.05, 3.63) is 59.3 Å². The lowest BCUT2D eigenvalue weighted by molar-refractivity contribution is -0.113. The Hall–Kier alpha value is -3.05. The van der Waals surface area contributed by atoms with E-state index in [9.17, 15) is 14.4 Å². The van der Waals surface area contributed by atoms with Gasteiger partial charge in [0.05, 0.1) is 17.0 Å². The van der Waals surface area contributed by atoms with Crippen molar-refractivity contribution in [3.8, 4) is 11.8 Å². The number of hydrogen-bond acceptors (Lipinski definition) is 4. The number of thioether (sulfide) groups is 1. The van der Waals surface area contributed by atoms with Crippen molar-refractivity contribution in [1.29, 1.82) is 5.26 Å². The number of carbonyl (C=O) groups excluding carboxylic acids is 1. The molecule has 3 aromatic rings. The van der Waals surface area contributed by atoms with Crippen molar-refractivity contribution in [2.75, 3.05) is 11.1 Å². The first-order chi connectivity index (χ1) is 13.5. The average Bonchev–Trinajstić information content (AvgIpc) is 3.22. The van der Waals surface area contributed by atoms with Crippen molar-refractivity contribution in [3.63, 3.8) is 0 Å². The molecule has 0 saturated heterocycles. The molecule has 8 heteroatoms. The Morgan fingerprint density at radius 3 is 2.86 bits per heavy atom. The largest absolute Gasteiger partial charge is 0.326 e. The maximum Gasteiger partial charge on any atom is 0.236 e. The van der Waals surface area contributed by atoms with E-state index in [0.29, 0.717) is 17.1 Å². The third-order valence-corrected chi connectivity index (χ3v) is 5.50. The monoisotopic (exact) mass is 397 g/mol. The highest BCUT2D eigenvalue weighted by molar-refractivity contribution is 7.99. The highest BCUT2D eigenvalue weighted by Crippen LogP contribution is 2.30. The molecule has 1 aromatic carbocycles. The topological polar surface area (TPSA) is 75.6 Å². The van der Waals surface area contributed by atoms with E-state index in [-0.39, 0.29) is 17.5 Å². The standard InChI is InChI=1S/C20H20FN5OS/c1-4-25-9-8-23-20(25)28-12-18(27)24-19-17(11-22)13(2)14(3)26(19)16-7-5-6-15(21)10-16/h5-10H,4,12H2,1-3H3,(H,24,27). The van der Waals surface area contributed by atoms with Gasteiger partial charge < -0.3 is 9.88 Å². The summed E-state index contributed by atoms with van der Waals surface area (Å²) in [4.78, 5) is 16.8. The number of benzene rings is 1. The molecule has 144 valence electrons. The predicted molar refractivity (Wildman–Crippen MR) is 107 cm³/mol. The van der Waals surface area contributed by atoms with Gasteiger partial charge in [0.15, 0.2) is 5.16 Å². The van der Waals surface area contributed by atoms with E-state index in [1.807, 2.05) is 31.5 Å².